The van der Waals surface area contributed by atoms with E-state index in [1.165, 1.54) is 0 Å². The smallest absolute Gasteiger partial charge is 0.321 e. The number of likely N-dealkylation sites (tertiary alicyclic amines) is 1. The second kappa shape index (κ2) is 7.09. The summed E-state index contributed by atoms with van der Waals surface area (Å²) < 4.78 is 11.2. The van der Waals surface area contributed by atoms with Gasteiger partial charge in [-0.05, 0) is 18.9 Å². The molecule has 2 unspecified atom stereocenters. The van der Waals surface area contributed by atoms with E-state index in [0.29, 0.717) is 37.4 Å². The fourth-order valence-electron chi connectivity index (χ4n) is 3.29. The van der Waals surface area contributed by atoms with Crippen molar-refractivity contribution in [3.05, 3.63) is 23.8 Å². The number of carbonyl (C=O) groups is 2. The van der Waals surface area contributed by atoms with Crippen LogP contribution in [0.2, 0.25) is 0 Å². The zero-order chi connectivity index (χ0) is 17.1. The molecule has 1 aromatic carbocycles. The molecular weight excluding hydrogens is 312 g/mol. The van der Waals surface area contributed by atoms with Crippen molar-refractivity contribution in [2.75, 3.05) is 32.1 Å². The lowest BCUT2D eigenvalue weighted by molar-refractivity contribution is -0.143. The van der Waals surface area contributed by atoms with Crippen molar-refractivity contribution in [1.82, 2.24) is 4.90 Å². The number of ether oxygens (including phenoxy) is 2. The number of carboxylic acid groups (broad SMARTS) is 1. The Morgan fingerprint density at radius 1 is 1.38 bits per heavy atom. The van der Waals surface area contributed by atoms with E-state index in [1.807, 2.05) is 12.1 Å². The molecule has 2 atom stereocenters. The summed E-state index contributed by atoms with van der Waals surface area (Å²) in [7, 11) is 1.66. The summed E-state index contributed by atoms with van der Waals surface area (Å²) in [4.78, 5) is 25.2. The Balaban J connectivity index is 1.74. The number of rotatable bonds is 3. The first-order chi connectivity index (χ1) is 11.6. The number of anilines is 1. The van der Waals surface area contributed by atoms with Crippen LogP contribution in [-0.2, 0) is 9.53 Å². The maximum atomic E-state index is 12.5. The van der Waals surface area contributed by atoms with Crippen LogP contribution in [0.1, 0.15) is 30.9 Å². The van der Waals surface area contributed by atoms with Crippen LogP contribution >= 0.6 is 0 Å². The van der Waals surface area contributed by atoms with Gasteiger partial charge in [0.05, 0.1) is 24.3 Å². The number of urea groups is 1. The van der Waals surface area contributed by atoms with Crippen LogP contribution in [-0.4, -0.2) is 48.8 Å². The molecule has 1 aromatic rings. The molecule has 3 rings (SSSR count). The van der Waals surface area contributed by atoms with Gasteiger partial charge in [0.2, 0.25) is 0 Å². The third-order valence-electron chi connectivity index (χ3n) is 4.60. The van der Waals surface area contributed by atoms with Gasteiger partial charge in [-0.2, -0.15) is 0 Å². The van der Waals surface area contributed by atoms with Crippen molar-refractivity contribution in [2.45, 2.75) is 25.4 Å². The second-order valence-electron chi connectivity index (χ2n) is 6.14. The van der Waals surface area contributed by atoms with E-state index in [9.17, 15) is 9.59 Å². The number of methoxy groups -OCH3 is 1. The van der Waals surface area contributed by atoms with Gasteiger partial charge in [-0.25, -0.2) is 4.79 Å². The Morgan fingerprint density at radius 3 is 2.96 bits per heavy atom. The van der Waals surface area contributed by atoms with Crippen LogP contribution in [0.3, 0.4) is 0 Å². The highest BCUT2D eigenvalue weighted by atomic mass is 16.5. The molecule has 2 amide bonds. The first-order valence-corrected chi connectivity index (χ1v) is 8.17. The summed E-state index contributed by atoms with van der Waals surface area (Å²) in [5.74, 6) is -0.713. The minimum absolute atomic E-state index is 0.0445. The molecule has 0 spiro atoms. The van der Waals surface area contributed by atoms with E-state index in [0.717, 1.165) is 12.0 Å². The van der Waals surface area contributed by atoms with Gasteiger partial charge < -0.3 is 24.8 Å². The summed E-state index contributed by atoms with van der Waals surface area (Å²) in [6, 6.07) is 5.27. The van der Waals surface area contributed by atoms with Crippen molar-refractivity contribution in [2.24, 2.45) is 5.92 Å². The molecule has 0 radical (unpaired) electrons. The van der Waals surface area contributed by atoms with Crippen LogP contribution in [0.15, 0.2) is 18.2 Å². The van der Waals surface area contributed by atoms with Crippen molar-refractivity contribution in [3.63, 3.8) is 0 Å². The number of hydrogen-bond acceptors (Lipinski definition) is 4. The SMILES string of the molecule is COC1CCOc2c(NC(=O)N3CCCC(C(=O)O)C3)cccc21. The summed E-state index contributed by atoms with van der Waals surface area (Å²) in [6.07, 6.45) is 2.03. The molecule has 2 heterocycles. The highest BCUT2D eigenvalue weighted by Crippen LogP contribution is 2.39. The minimum atomic E-state index is -0.851. The molecular formula is C17H22N2O5. The van der Waals surface area contributed by atoms with Gasteiger partial charge in [-0.15, -0.1) is 0 Å². The number of benzene rings is 1. The van der Waals surface area contributed by atoms with Crippen LogP contribution in [0.5, 0.6) is 5.75 Å². The van der Waals surface area contributed by atoms with Crippen LogP contribution in [0.4, 0.5) is 10.5 Å². The van der Waals surface area contributed by atoms with Crippen LogP contribution in [0, 0.1) is 5.92 Å². The fraction of sp³-hybridized carbons (Fsp3) is 0.529. The topological polar surface area (TPSA) is 88.1 Å². The van der Waals surface area contributed by atoms with E-state index in [2.05, 4.69) is 5.32 Å². The van der Waals surface area contributed by atoms with E-state index in [-0.39, 0.29) is 18.7 Å². The molecule has 24 heavy (non-hydrogen) atoms. The van der Waals surface area contributed by atoms with E-state index < -0.39 is 11.9 Å². The predicted octanol–water partition coefficient (Wildman–Crippen LogP) is 2.49. The van der Waals surface area contributed by atoms with Gasteiger partial charge in [0, 0.05) is 32.2 Å². The largest absolute Gasteiger partial charge is 0.491 e. The van der Waals surface area contributed by atoms with Gasteiger partial charge in [-0.3, -0.25) is 4.79 Å². The second-order valence-corrected chi connectivity index (χ2v) is 6.14. The average Bonchev–Trinajstić information content (AvgIpc) is 2.61. The highest BCUT2D eigenvalue weighted by molar-refractivity contribution is 5.91. The van der Waals surface area contributed by atoms with Crippen molar-refractivity contribution >= 4 is 17.7 Å². The molecule has 0 aromatic heterocycles. The molecule has 7 heteroatoms. The molecule has 0 aliphatic carbocycles. The van der Waals surface area contributed by atoms with Gasteiger partial charge in [0.15, 0.2) is 0 Å². The number of para-hydroxylation sites is 1. The number of carbonyl (C=O) groups excluding carboxylic acids is 1. The number of nitrogens with one attached hydrogen (secondary N) is 1. The summed E-state index contributed by atoms with van der Waals surface area (Å²) in [5.41, 5.74) is 1.51. The van der Waals surface area contributed by atoms with Crippen molar-refractivity contribution < 1.29 is 24.2 Å². The quantitative estimate of drug-likeness (QED) is 0.886. The Morgan fingerprint density at radius 2 is 2.21 bits per heavy atom. The molecule has 2 N–H and O–H groups in total. The van der Waals surface area contributed by atoms with Gasteiger partial charge >= 0.3 is 12.0 Å². The lowest BCUT2D eigenvalue weighted by Gasteiger charge is -2.31. The molecule has 7 nitrogen and oxygen atoms in total. The van der Waals surface area contributed by atoms with Gasteiger partial charge in [0.25, 0.3) is 0 Å². The fourth-order valence-corrected chi connectivity index (χ4v) is 3.29. The van der Waals surface area contributed by atoms with Crippen molar-refractivity contribution in [3.8, 4) is 5.75 Å². The number of aliphatic carboxylic acids is 1. The van der Waals surface area contributed by atoms with Gasteiger partial charge in [-0.1, -0.05) is 12.1 Å². The average molecular weight is 334 g/mol. The third-order valence-corrected chi connectivity index (χ3v) is 4.60. The van der Waals surface area contributed by atoms with Gasteiger partial charge in [0.1, 0.15) is 5.75 Å². The summed E-state index contributed by atoms with van der Waals surface area (Å²) >= 11 is 0. The first kappa shape index (κ1) is 16.6. The number of carboxylic acids is 1. The normalized spacial score (nSPS) is 23.1. The Kier molecular flexibility index (Phi) is 4.89. The number of hydrogen-bond donors (Lipinski definition) is 2. The molecule has 2 aliphatic rings. The molecule has 0 saturated carbocycles. The van der Waals surface area contributed by atoms with E-state index in [4.69, 9.17) is 14.6 Å². The lowest BCUT2D eigenvalue weighted by Crippen LogP contribution is -2.44. The highest BCUT2D eigenvalue weighted by Gasteiger charge is 2.29. The monoisotopic (exact) mass is 334 g/mol. The Labute approximate surface area is 140 Å². The van der Waals surface area contributed by atoms with Crippen LogP contribution < -0.4 is 10.1 Å². The van der Waals surface area contributed by atoms with Crippen molar-refractivity contribution in [1.29, 1.82) is 0 Å². The molecule has 2 aliphatic heterocycles. The van der Waals surface area contributed by atoms with Crippen LogP contribution in [0.25, 0.3) is 0 Å². The molecule has 1 saturated heterocycles. The van der Waals surface area contributed by atoms with E-state index >= 15 is 0 Å². The third kappa shape index (κ3) is 3.31. The Hall–Kier alpha value is -2.28. The maximum absolute atomic E-state index is 12.5. The number of fused-ring (bicyclic) bond motifs is 1. The molecule has 0 bridgehead atoms. The minimum Gasteiger partial charge on any atom is -0.491 e. The summed E-state index contributed by atoms with van der Waals surface area (Å²) in [5, 5.41) is 12.0. The predicted molar refractivity (Wildman–Crippen MR) is 87.3 cm³/mol. The lowest BCUT2D eigenvalue weighted by atomic mass is 9.98. The molecule has 1 fully saturated rings. The zero-order valence-corrected chi connectivity index (χ0v) is 13.7. The maximum Gasteiger partial charge on any atom is 0.321 e. The number of amides is 2. The summed E-state index contributed by atoms with van der Waals surface area (Å²) in [6.45, 7) is 1.33. The number of nitrogens with zero attached hydrogens (tertiary/aromatic N) is 1. The van der Waals surface area contributed by atoms with E-state index in [1.54, 1.807) is 18.1 Å². The Bertz CT molecular complexity index is 633. The molecule has 130 valence electrons. The standard InChI is InChI=1S/C17H22N2O5/c1-23-14-7-9-24-15-12(14)5-2-6-13(15)18-17(22)19-8-3-4-11(10-19)16(20)21/h2,5-6,11,14H,3-4,7-10H2,1H3,(H,18,22)(H,20,21). The zero-order valence-electron chi connectivity index (χ0n) is 13.7. The first-order valence-electron chi connectivity index (χ1n) is 8.17. The number of piperidine rings is 1.